The lowest BCUT2D eigenvalue weighted by atomic mass is 9.93. The highest BCUT2D eigenvalue weighted by Gasteiger charge is 2.09. The Hall–Kier alpha value is -0.820. The molecular weight excluding hydrogens is 194 g/mol. The van der Waals surface area contributed by atoms with Crippen LogP contribution in [0.5, 0.6) is 0 Å². The highest BCUT2D eigenvalue weighted by molar-refractivity contribution is 5.25. The lowest BCUT2D eigenvalue weighted by Gasteiger charge is -2.17. The van der Waals surface area contributed by atoms with Gasteiger partial charge in [0.2, 0.25) is 0 Å². The number of rotatable bonds is 7. The van der Waals surface area contributed by atoms with Crippen molar-refractivity contribution in [1.29, 1.82) is 0 Å². The Morgan fingerprint density at radius 1 is 1.19 bits per heavy atom. The molecule has 0 radical (unpaired) electrons. The van der Waals surface area contributed by atoms with Gasteiger partial charge >= 0.3 is 0 Å². The third-order valence-corrected chi connectivity index (χ3v) is 2.97. The maximum atomic E-state index is 3.54. The Morgan fingerprint density at radius 2 is 2.00 bits per heavy atom. The summed E-state index contributed by atoms with van der Waals surface area (Å²) < 4.78 is 0. The summed E-state index contributed by atoms with van der Waals surface area (Å²) in [5.74, 6) is 0.677. The van der Waals surface area contributed by atoms with Gasteiger partial charge in [-0.1, -0.05) is 50.1 Å². The van der Waals surface area contributed by atoms with Crippen LogP contribution in [-0.2, 0) is 0 Å². The first-order valence-electron chi connectivity index (χ1n) is 6.55. The molecule has 1 unspecified atom stereocenters. The van der Waals surface area contributed by atoms with Gasteiger partial charge in [0.15, 0.2) is 0 Å². The van der Waals surface area contributed by atoms with E-state index < -0.39 is 0 Å². The first-order chi connectivity index (χ1) is 7.77. The molecule has 1 N–H and O–H groups in total. The molecule has 0 aliphatic carbocycles. The fraction of sp³-hybridized carbons (Fsp3) is 0.600. The highest BCUT2D eigenvalue weighted by atomic mass is 14.8. The van der Waals surface area contributed by atoms with Gasteiger partial charge in [-0.05, 0) is 37.8 Å². The van der Waals surface area contributed by atoms with E-state index in [4.69, 9.17) is 0 Å². The summed E-state index contributed by atoms with van der Waals surface area (Å²) in [5, 5.41) is 3.54. The van der Waals surface area contributed by atoms with E-state index in [1.807, 2.05) is 0 Å². The summed E-state index contributed by atoms with van der Waals surface area (Å²) in [6.07, 6.45) is 3.75. The lowest BCUT2D eigenvalue weighted by molar-refractivity contribution is 0.543. The molecule has 90 valence electrons. The third kappa shape index (κ3) is 4.36. The topological polar surface area (TPSA) is 12.0 Å². The van der Waals surface area contributed by atoms with Crippen molar-refractivity contribution in [1.82, 2.24) is 5.32 Å². The van der Waals surface area contributed by atoms with Crippen LogP contribution < -0.4 is 5.32 Å². The molecule has 1 nitrogen and oxygen atoms in total. The van der Waals surface area contributed by atoms with Crippen LogP contribution in [0, 0.1) is 6.92 Å². The van der Waals surface area contributed by atoms with Crippen LogP contribution in [0.3, 0.4) is 0 Å². The standard InChI is InChI=1S/C15H25N/c1-4-7-15(12-16-10-5-2)14-9-6-8-13(3)11-14/h6,8-9,11,15-16H,4-5,7,10,12H2,1-3H3. The zero-order valence-electron chi connectivity index (χ0n) is 10.9. The summed E-state index contributed by atoms with van der Waals surface area (Å²) in [6, 6.07) is 8.94. The van der Waals surface area contributed by atoms with E-state index in [0.717, 1.165) is 13.1 Å². The van der Waals surface area contributed by atoms with Gasteiger partial charge in [0, 0.05) is 6.54 Å². The smallest absolute Gasteiger partial charge is 0.00201 e. The van der Waals surface area contributed by atoms with Crippen LogP contribution in [-0.4, -0.2) is 13.1 Å². The van der Waals surface area contributed by atoms with E-state index in [0.29, 0.717) is 5.92 Å². The summed E-state index contributed by atoms with van der Waals surface area (Å²) in [4.78, 5) is 0. The van der Waals surface area contributed by atoms with Gasteiger partial charge in [-0.15, -0.1) is 0 Å². The summed E-state index contributed by atoms with van der Waals surface area (Å²) in [7, 11) is 0. The van der Waals surface area contributed by atoms with Crippen LogP contribution in [0.25, 0.3) is 0 Å². The predicted molar refractivity (Wildman–Crippen MR) is 72.0 cm³/mol. The number of hydrogen-bond donors (Lipinski definition) is 1. The summed E-state index contributed by atoms with van der Waals surface area (Å²) >= 11 is 0. The SMILES string of the molecule is CCCNCC(CCC)c1cccc(C)c1. The molecule has 0 saturated carbocycles. The molecule has 1 heteroatoms. The Bertz CT molecular complexity index is 293. The Kier molecular flexibility index (Phi) is 6.17. The second kappa shape index (κ2) is 7.45. The van der Waals surface area contributed by atoms with E-state index in [-0.39, 0.29) is 0 Å². The van der Waals surface area contributed by atoms with Crippen molar-refractivity contribution in [3.63, 3.8) is 0 Å². The maximum Gasteiger partial charge on any atom is 0.00201 e. The molecule has 16 heavy (non-hydrogen) atoms. The van der Waals surface area contributed by atoms with Crippen molar-refractivity contribution in [3.8, 4) is 0 Å². The Morgan fingerprint density at radius 3 is 2.62 bits per heavy atom. The molecule has 0 fully saturated rings. The first kappa shape index (κ1) is 13.2. The molecule has 1 aromatic rings. The molecule has 0 heterocycles. The molecule has 0 aliphatic rings. The molecule has 0 amide bonds. The monoisotopic (exact) mass is 219 g/mol. The number of nitrogens with one attached hydrogen (secondary N) is 1. The number of hydrogen-bond acceptors (Lipinski definition) is 1. The maximum absolute atomic E-state index is 3.54. The van der Waals surface area contributed by atoms with E-state index in [1.54, 1.807) is 0 Å². The molecule has 1 aromatic carbocycles. The van der Waals surface area contributed by atoms with Crippen molar-refractivity contribution < 1.29 is 0 Å². The van der Waals surface area contributed by atoms with Crippen molar-refractivity contribution >= 4 is 0 Å². The first-order valence-corrected chi connectivity index (χ1v) is 6.55. The zero-order valence-corrected chi connectivity index (χ0v) is 10.9. The largest absolute Gasteiger partial charge is 0.316 e. The van der Waals surface area contributed by atoms with Crippen molar-refractivity contribution in [3.05, 3.63) is 35.4 Å². The third-order valence-electron chi connectivity index (χ3n) is 2.97. The quantitative estimate of drug-likeness (QED) is 0.686. The molecule has 0 aliphatic heterocycles. The molecule has 0 saturated heterocycles. The van der Waals surface area contributed by atoms with Gasteiger partial charge in [0.05, 0.1) is 0 Å². The van der Waals surface area contributed by atoms with Crippen LogP contribution >= 0.6 is 0 Å². The van der Waals surface area contributed by atoms with Gasteiger partial charge in [-0.3, -0.25) is 0 Å². The molecular formula is C15H25N. The van der Waals surface area contributed by atoms with Crippen molar-refractivity contribution in [2.75, 3.05) is 13.1 Å². The summed E-state index contributed by atoms with van der Waals surface area (Å²) in [6.45, 7) is 8.90. The van der Waals surface area contributed by atoms with Gasteiger partial charge < -0.3 is 5.32 Å². The van der Waals surface area contributed by atoms with E-state index in [2.05, 4.69) is 50.4 Å². The fourth-order valence-electron chi connectivity index (χ4n) is 2.11. The zero-order chi connectivity index (χ0) is 11.8. The van der Waals surface area contributed by atoms with E-state index >= 15 is 0 Å². The van der Waals surface area contributed by atoms with Gasteiger partial charge in [-0.25, -0.2) is 0 Å². The second-order valence-corrected chi connectivity index (χ2v) is 4.60. The van der Waals surface area contributed by atoms with Gasteiger partial charge in [0.25, 0.3) is 0 Å². The van der Waals surface area contributed by atoms with E-state index in [1.165, 1.54) is 30.4 Å². The van der Waals surface area contributed by atoms with Crippen molar-refractivity contribution in [2.45, 2.75) is 46.0 Å². The van der Waals surface area contributed by atoms with Gasteiger partial charge in [0.1, 0.15) is 0 Å². The minimum absolute atomic E-state index is 0.677. The van der Waals surface area contributed by atoms with E-state index in [9.17, 15) is 0 Å². The molecule has 0 bridgehead atoms. The summed E-state index contributed by atoms with van der Waals surface area (Å²) in [5.41, 5.74) is 2.86. The highest BCUT2D eigenvalue weighted by Crippen LogP contribution is 2.21. The number of aryl methyl sites for hydroxylation is 1. The van der Waals surface area contributed by atoms with Crippen molar-refractivity contribution in [2.24, 2.45) is 0 Å². The molecule has 1 rings (SSSR count). The minimum atomic E-state index is 0.677. The predicted octanol–water partition coefficient (Wildman–Crippen LogP) is 3.88. The minimum Gasteiger partial charge on any atom is -0.316 e. The molecule has 0 aromatic heterocycles. The average Bonchev–Trinajstić information content (AvgIpc) is 2.28. The second-order valence-electron chi connectivity index (χ2n) is 4.60. The lowest BCUT2D eigenvalue weighted by Crippen LogP contribution is -2.22. The molecule has 1 atom stereocenters. The number of benzene rings is 1. The van der Waals surface area contributed by atoms with Crippen LogP contribution in [0.15, 0.2) is 24.3 Å². The molecule has 0 spiro atoms. The average molecular weight is 219 g/mol. The van der Waals surface area contributed by atoms with Gasteiger partial charge in [-0.2, -0.15) is 0 Å². The van der Waals surface area contributed by atoms with Crippen LogP contribution in [0.4, 0.5) is 0 Å². The fourth-order valence-corrected chi connectivity index (χ4v) is 2.11. The van der Waals surface area contributed by atoms with Crippen LogP contribution in [0.2, 0.25) is 0 Å². The normalized spacial score (nSPS) is 12.7. The Balaban J connectivity index is 2.61. The Labute approximate surface area is 100 Å². The van der Waals surface area contributed by atoms with Crippen LogP contribution in [0.1, 0.15) is 50.2 Å².